The summed E-state index contributed by atoms with van der Waals surface area (Å²) in [6, 6.07) is 13.0. The van der Waals surface area contributed by atoms with Gasteiger partial charge in [0.25, 0.3) is 5.56 Å². The van der Waals surface area contributed by atoms with Crippen LogP contribution < -0.4 is 15.0 Å². The number of aromatic nitrogens is 2. The highest BCUT2D eigenvalue weighted by Crippen LogP contribution is 2.33. The minimum Gasteiger partial charge on any atom is -0.454 e. The van der Waals surface area contributed by atoms with Crippen molar-refractivity contribution in [2.24, 2.45) is 0 Å². The van der Waals surface area contributed by atoms with E-state index in [1.165, 1.54) is 0 Å². The molecule has 2 heterocycles. The van der Waals surface area contributed by atoms with Gasteiger partial charge in [0.15, 0.2) is 11.5 Å². The van der Waals surface area contributed by atoms with Crippen molar-refractivity contribution in [2.75, 3.05) is 6.79 Å². The highest BCUT2D eigenvalue weighted by atomic mass is 16.7. The molecule has 5 heteroatoms. The fraction of sp³-hybridized carbons (Fsp3) is 0.263. The molecule has 3 aromatic rings. The Hall–Kier alpha value is -2.82. The van der Waals surface area contributed by atoms with Crippen molar-refractivity contribution in [1.82, 2.24) is 9.55 Å². The zero-order valence-corrected chi connectivity index (χ0v) is 13.5. The first kappa shape index (κ1) is 14.8. The third kappa shape index (κ3) is 2.42. The predicted molar refractivity (Wildman–Crippen MR) is 92.1 cm³/mol. The summed E-state index contributed by atoms with van der Waals surface area (Å²) in [6.07, 6.45) is 2.78. The maximum Gasteiger partial charge on any atom is 0.265 e. The molecule has 0 N–H and O–H groups in total. The first-order valence-corrected chi connectivity index (χ1v) is 8.18. The molecule has 0 saturated carbocycles. The van der Waals surface area contributed by atoms with Gasteiger partial charge in [-0.2, -0.15) is 0 Å². The Morgan fingerprint density at radius 1 is 1.12 bits per heavy atom. The van der Waals surface area contributed by atoms with Crippen molar-refractivity contribution < 1.29 is 9.47 Å². The third-order valence-corrected chi connectivity index (χ3v) is 4.21. The van der Waals surface area contributed by atoms with E-state index in [4.69, 9.17) is 14.5 Å². The fourth-order valence-corrected chi connectivity index (χ4v) is 2.97. The Kier molecular flexibility index (Phi) is 3.69. The number of unbranched alkanes of at least 4 members (excludes halogenated alkanes) is 1. The van der Waals surface area contributed by atoms with Crippen LogP contribution in [0.4, 0.5) is 0 Å². The van der Waals surface area contributed by atoms with Gasteiger partial charge < -0.3 is 9.47 Å². The molecule has 0 radical (unpaired) electrons. The monoisotopic (exact) mass is 322 g/mol. The molecule has 4 rings (SSSR count). The second-order valence-corrected chi connectivity index (χ2v) is 5.83. The van der Waals surface area contributed by atoms with Crippen molar-refractivity contribution >= 4 is 10.9 Å². The summed E-state index contributed by atoms with van der Waals surface area (Å²) in [5, 5.41) is 0.621. The molecule has 122 valence electrons. The van der Waals surface area contributed by atoms with Gasteiger partial charge in [0, 0.05) is 12.5 Å². The molecule has 1 aliphatic rings. The summed E-state index contributed by atoms with van der Waals surface area (Å²) >= 11 is 0. The first-order valence-electron chi connectivity index (χ1n) is 8.18. The van der Waals surface area contributed by atoms with E-state index >= 15 is 0 Å². The standard InChI is InChI=1S/C19H18N2O3/c1-2-3-8-18-20-15-7-5-4-6-14(15)19(22)21(18)13-9-10-16-17(11-13)24-12-23-16/h4-7,9-11H,2-3,8,12H2,1H3. The number of hydrogen-bond acceptors (Lipinski definition) is 4. The Labute approximate surface area is 139 Å². The maximum absolute atomic E-state index is 13.1. The normalized spacial score (nSPS) is 12.7. The van der Waals surface area contributed by atoms with E-state index < -0.39 is 0 Å². The van der Waals surface area contributed by atoms with Crippen LogP contribution in [0.3, 0.4) is 0 Å². The molecule has 1 aliphatic heterocycles. The van der Waals surface area contributed by atoms with Crippen LogP contribution in [0.2, 0.25) is 0 Å². The molecule has 2 aromatic carbocycles. The zero-order valence-electron chi connectivity index (χ0n) is 13.5. The highest BCUT2D eigenvalue weighted by molar-refractivity contribution is 5.77. The number of aryl methyl sites for hydroxylation is 1. The largest absolute Gasteiger partial charge is 0.454 e. The molecule has 0 unspecified atom stereocenters. The van der Waals surface area contributed by atoms with E-state index in [-0.39, 0.29) is 12.4 Å². The lowest BCUT2D eigenvalue weighted by atomic mass is 10.2. The quantitative estimate of drug-likeness (QED) is 0.738. The lowest BCUT2D eigenvalue weighted by Gasteiger charge is -2.14. The smallest absolute Gasteiger partial charge is 0.265 e. The van der Waals surface area contributed by atoms with E-state index in [2.05, 4.69) is 6.92 Å². The van der Waals surface area contributed by atoms with Gasteiger partial charge in [-0.15, -0.1) is 0 Å². The summed E-state index contributed by atoms with van der Waals surface area (Å²) in [4.78, 5) is 17.8. The summed E-state index contributed by atoms with van der Waals surface area (Å²) in [6.45, 7) is 2.34. The number of rotatable bonds is 4. The lowest BCUT2D eigenvalue weighted by Crippen LogP contribution is -2.24. The second-order valence-electron chi connectivity index (χ2n) is 5.83. The molecular weight excluding hydrogens is 304 g/mol. The number of benzene rings is 2. The van der Waals surface area contributed by atoms with Gasteiger partial charge >= 0.3 is 0 Å². The number of fused-ring (bicyclic) bond motifs is 2. The van der Waals surface area contributed by atoms with Crippen LogP contribution in [-0.2, 0) is 6.42 Å². The van der Waals surface area contributed by atoms with Crippen molar-refractivity contribution in [3.63, 3.8) is 0 Å². The molecule has 0 aliphatic carbocycles. The minimum atomic E-state index is -0.0504. The van der Waals surface area contributed by atoms with E-state index in [0.717, 1.165) is 36.3 Å². The summed E-state index contributed by atoms with van der Waals surface area (Å²) in [7, 11) is 0. The second kappa shape index (κ2) is 6.00. The summed E-state index contributed by atoms with van der Waals surface area (Å²) in [5.74, 6) is 2.14. The van der Waals surface area contributed by atoms with E-state index in [1.54, 1.807) is 4.57 Å². The van der Waals surface area contributed by atoms with Crippen LogP contribution in [0.5, 0.6) is 11.5 Å². The molecule has 0 saturated heterocycles. The fourth-order valence-electron chi connectivity index (χ4n) is 2.97. The van der Waals surface area contributed by atoms with Crippen LogP contribution in [0.25, 0.3) is 16.6 Å². The molecule has 0 spiro atoms. The zero-order chi connectivity index (χ0) is 16.5. The van der Waals surface area contributed by atoms with Crippen LogP contribution in [-0.4, -0.2) is 16.3 Å². The van der Waals surface area contributed by atoms with Crippen molar-refractivity contribution in [3.05, 3.63) is 58.6 Å². The highest BCUT2D eigenvalue weighted by Gasteiger charge is 2.17. The molecule has 0 bridgehead atoms. The van der Waals surface area contributed by atoms with Crippen molar-refractivity contribution in [1.29, 1.82) is 0 Å². The van der Waals surface area contributed by atoms with Gasteiger partial charge in [-0.25, -0.2) is 4.98 Å². The van der Waals surface area contributed by atoms with E-state index in [0.29, 0.717) is 16.9 Å². The van der Waals surface area contributed by atoms with Gasteiger partial charge in [0.1, 0.15) is 5.82 Å². The van der Waals surface area contributed by atoms with Crippen LogP contribution in [0.1, 0.15) is 25.6 Å². The van der Waals surface area contributed by atoms with Gasteiger partial charge in [-0.05, 0) is 30.7 Å². The average Bonchev–Trinajstić information content (AvgIpc) is 3.07. The van der Waals surface area contributed by atoms with Gasteiger partial charge in [-0.1, -0.05) is 25.5 Å². The molecule has 24 heavy (non-hydrogen) atoms. The number of para-hydroxylation sites is 1. The van der Waals surface area contributed by atoms with E-state index in [1.807, 2.05) is 42.5 Å². The molecule has 1 aromatic heterocycles. The molecular formula is C19H18N2O3. The maximum atomic E-state index is 13.1. The van der Waals surface area contributed by atoms with E-state index in [9.17, 15) is 4.79 Å². The molecule has 0 amide bonds. The average molecular weight is 322 g/mol. The minimum absolute atomic E-state index is 0.0504. The Morgan fingerprint density at radius 2 is 1.96 bits per heavy atom. The van der Waals surface area contributed by atoms with Crippen LogP contribution in [0.15, 0.2) is 47.3 Å². The Bertz CT molecular complexity index is 962. The first-order chi connectivity index (χ1) is 11.8. The van der Waals surface area contributed by atoms with Crippen LogP contribution in [0, 0.1) is 0 Å². The molecule has 5 nitrogen and oxygen atoms in total. The Balaban J connectivity index is 1.95. The number of ether oxygens (including phenoxy) is 2. The van der Waals surface area contributed by atoms with Crippen molar-refractivity contribution in [2.45, 2.75) is 26.2 Å². The summed E-state index contributed by atoms with van der Waals surface area (Å²) in [5.41, 5.74) is 1.45. The number of nitrogens with zero attached hydrogens (tertiary/aromatic N) is 2. The third-order valence-electron chi connectivity index (χ3n) is 4.21. The van der Waals surface area contributed by atoms with Gasteiger partial charge in [0.2, 0.25) is 6.79 Å². The van der Waals surface area contributed by atoms with Gasteiger partial charge in [0.05, 0.1) is 16.6 Å². The van der Waals surface area contributed by atoms with Gasteiger partial charge in [-0.3, -0.25) is 9.36 Å². The predicted octanol–water partition coefficient (Wildman–Crippen LogP) is 3.46. The molecule has 0 fully saturated rings. The Morgan fingerprint density at radius 3 is 2.83 bits per heavy atom. The molecule has 0 atom stereocenters. The lowest BCUT2D eigenvalue weighted by molar-refractivity contribution is 0.174. The SMILES string of the molecule is CCCCc1nc2ccccc2c(=O)n1-c1ccc2c(c1)OCO2. The topological polar surface area (TPSA) is 53.4 Å². The summed E-state index contributed by atoms with van der Waals surface area (Å²) < 4.78 is 12.5. The number of hydrogen-bond donors (Lipinski definition) is 0. The van der Waals surface area contributed by atoms with Crippen LogP contribution >= 0.6 is 0 Å². The van der Waals surface area contributed by atoms with Crippen molar-refractivity contribution in [3.8, 4) is 17.2 Å².